The molecule has 7 heteroatoms. The molecule has 3 heterocycles. The summed E-state index contributed by atoms with van der Waals surface area (Å²) in [5.41, 5.74) is 4.62. The summed E-state index contributed by atoms with van der Waals surface area (Å²) in [7, 11) is 1.62. The van der Waals surface area contributed by atoms with Gasteiger partial charge in [0.1, 0.15) is 11.6 Å². The predicted octanol–water partition coefficient (Wildman–Crippen LogP) is 4.47. The minimum atomic E-state index is -0.294. The van der Waals surface area contributed by atoms with E-state index in [-0.39, 0.29) is 11.4 Å². The number of rotatable bonds is 5. The first-order valence-electron chi connectivity index (χ1n) is 10.4. The standard InChI is InChI=1S/C25H21FN4O2/c1-3-20-23(16-8-10-18(26)11-9-16)24-27-14-19-21(30(24)28-20)12-13-29(25(19)31)15-17-6-4-5-7-22(17)32-2/h4-14H,3,15H2,1-2H3. The number of aryl methyl sites for hydroxylation is 1. The van der Waals surface area contributed by atoms with Crippen molar-refractivity contribution in [3.63, 3.8) is 0 Å². The molecule has 0 N–H and O–H groups in total. The molecule has 5 rings (SSSR count). The van der Waals surface area contributed by atoms with E-state index in [1.165, 1.54) is 12.1 Å². The average molecular weight is 428 g/mol. The van der Waals surface area contributed by atoms with Gasteiger partial charge in [-0.2, -0.15) is 5.10 Å². The molecule has 3 aromatic heterocycles. The first kappa shape index (κ1) is 19.9. The van der Waals surface area contributed by atoms with Crippen molar-refractivity contribution >= 4 is 16.6 Å². The zero-order valence-corrected chi connectivity index (χ0v) is 17.7. The van der Waals surface area contributed by atoms with Crippen LogP contribution in [-0.4, -0.2) is 26.3 Å². The maximum atomic E-state index is 13.4. The Hall–Kier alpha value is -4.00. The van der Waals surface area contributed by atoms with Gasteiger partial charge >= 0.3 is 0 Å². The van der Waals surface area contributed by atoms with Crippen LogP contribution in [0.5, 0.6) is 5.75 Å². The third-order valence-electron chi connectivity index (χ3n) is 5.66. The predicted molar refractivity (Wildman–Crippen MR) is 122 cm³/mol. The summed E-state index contributed by atoms with van der Waals surface area (Å²) in [6, 6.07) is 15.8. The van der Waals surface area contributed by atoms with E-state index >= 15 is 0 Å². The first-order chi connectivity index (χ1) is 15.6. The molecular weight excluding hydrogens is 407 g/mol. The van der Waals surface area contributed by atoms with E-state index in [4.69, 9.17) is 9.84 Å². The number of fused-ring (bicyclic) bond motifs is 3. The molecule has 6 nitrogen and oxygen atoms in total. The maximum Gasteiger partial charge on any atom is 0.261 e. The van der Waals surface area contributed by atoms with Gasteiger partial charge in [-0.3, -0.25) is 4.79 Å². The smallest absolute Gasteiger partial charge is 0.261 e. The van der Waals surface area contributed by atoms with Crippen molar-refractivity contribution in [1.29, 1.82) is 0 Å². The van der Waals surface area contributed by atoms with Gasteiger partial charge in [0.25, 0.3) is 5.56 Å². The summed E-state index contributed by atoms with van der Waals surface area (Å²) in [5, 5.41) is 5.21. The van der Waals surface area contributed by atoms with Crippen LogP contribution in [0.1, 0.15) is 18.2 Å². The molecule has 2 aromatic carbocycles. The van der Waals surface area contributed by atoms with Gasteiger partial charge in [-0.05, 0) is 36.2 Å². The van der Waals surface area contributed by atoms with Gasteiger partial charge in [0.15, 0.2) is 5.65 Å². The van der Waals surface area contributed by atoms with Crippen molar-refractivity contribution < 1.29 is 9.13 Å². The second-order valence-corrected chi connectivity index (χ2v) is 7.54. The number of hydrogen-bond donors (Lipinski definition) is 0. The monoisotopic (exact) mass is 428 g/mol. The minimum absolute atomic E-state index is 0.153. The highest BCUT2D eigenvalue weighted by Gasteiger charge is 2.18. The molecule has 0 saturated heterocycles. The number of aromatic nitrogens is 4. The fourth-order valence-corrected chi connectivity index (χ4v) is 4.06. The Kier molecular flexibility index (Phi) is 4.93. The summed E-state index contributed by atoms with van der Waals surface area (Å²) in [6.45, 7) is 2.40. The molecule has 0 fully saturated rings. The quantitative estimate of drug-likeness (QED) is 0.414. The molecule has 5 aromatic rings. The maximum absolute atomic E-state index is 13.4. The van der Waals surface area contributed by atoms with Crippen LogP contribution in [-0.2, 0) is 13.0 Å². The minimum Gasteiger partial charge on any atom is -0.496 e. The number of halogens is 1. The van der Waals surface area contributed by atoms with Gasteiger partial charge in [0, 0.05) is 23.5 Å². The van der Waals surface area contributed by atoms with E-state index < -0.39 is 0 Å². The van der Waals surface area contributed by atoms with Crippen molar-refractivity contribution in [2.75, 3.05) is 7.11 Å². The van der Waals surface area contributed by atoms with Gasteiger partial charge in [-0.25, -0.2) is 13.9 Å². The van der Waals surface area contributed by atoms with Crippen molar-refractivity contribution in [3.8, 4) is 16.9 Å². The summed E-state index contributed by atoms with van der Waals surface area (Å²) in [5.74, 6) is 0.439. The van der Waals surface area contributed by atoms with Crippen molar-refractivity contribution in [3.05, 3.63) is 94.4 Å². The van der Waals surface area contributed by atoms with Gasteiger partial charge in [-0.15, -0.1) is 0 Å². The van der Waals surface area contributed by atoms with Crippen molar-refractivity contribution in [2.45, 2.75) is 19.9 Å². The van der Waals surface area contributed by atoms with E-state index in [1.54, 1.807) is 40.7 Å². The number of pyridine rings is 1. The fourth-order valence-electron chi connectivity index (χ4n) is 4.06. The lowest BCUT2D eigenvalue weighted by molar-refractivity contribution is 0.408. The molecule has 0 aliphatic rings. The summed E-state index contributed by atoms with van der Waals surface area (Å²) >= 11 is 0. The van der Waals surface area contributed by atoms with E-state index in [9.17, 15) is 9.18 Å². The molecule has 0 spiro atoms. The molecule has 0 radical (unpaired) electrons. The van der Waals surface area contributed by atoms with Gasteiger partial charge in [0.2, 0.25) is 0 Å². The Bertz CT molecular complexity index is 1500. The van der Waals surface area contributed by atoms with E-state index in [0.717, 1.165) is 28.1 Å². The molecule has 0 aliphatic carbocycles. The molecule has 0 bridgehead atoms. The Morgan fingerprint density at radius 1 is 1.06 bits per heavy atom. The zero-order chi connectivity index (χ0) is 22.2. The Morgan fingerprint density at radius 2 is 1.84 bits per heavy atom. The lowest BCUT2D eigenvalue weighted by Gasteiger charge is -2.11. The Labute approximate surface area is 183 Å². The number of methoxy groups -OCH3 is 1. The van der Waals surface area contributed by atoms with E-state index in [2.05, 4.69) is 4.98 Å². The molecule has 0 saturated carbocycles. The zero-order valence-electron chi connectivity index (χ0n) is 17.7. The molecule has 0 atom stereocenters. The van der Waals surface area contributed by atoms with Crippen LogP contribution in [0.3, 0.4) is 0 Å². The summed E-state index contributed by atoms with van der Waals surface area (Å²) in [6.07, 6.45) is 4.05. The molecule has 0 aliphatic heterocycles. The van der Waals surface area contributed by atoms with Gasteiger partial charge in [0.05, 0.1) is 30.3 Å². The van der Waals surface area contributed by atoms with Crippen LogP contribution in [0, 0.1) is 5.82 Å². The van der Waals surface area contributed by atoms with Gasteiger partial charge < -0.3 is 9.30 Å². The van der Waals surface area contributed by atoms with Crippen molar-refractivity contribution in [1.82, 2.24) is 19.2 Å². The third kappa shape index (κ3) is 3.22. The second kappa shape index (κ2) is 7.92. The summed E-state index contributed by atoms with van der Waals surface area (Å²) < 4.78 is 22.2. The van der Waals surface area contributed by atoms with E-state index in [0.29, 0.717) is 29.5 Å². The van der Waals surface area contributed by atoms with Crippen LogP contribution in [0.2, 0.25) is 0 Å². The highest BCUT2D eigenvalue weighted by atomic mass is 19.1. The van der Waals surface area contributed by atoms with Crippen LogP contribution >= 0.6 is 0 Å². The summed E-state index contributed by atoms with van der Waals surface area (Å²) in [4.78, 5) is 17.8. The van der Waals surface area contributed by atoms with Crippen LogP contribution < -0.4 is 10.3 Å². The highest BCUT2D eigenvalue weighted by molar-refractivity contribution is 5.86. The highest BCUT2D eigenvalue weighted by Crippen LogP contribution is 2.29. The van der Waals surface area contributed by atoms with Crippen molar-refractivity contribution in [2.24, 2.45) is 0 Å². The van der Waals surface area contributed by atoms with Crippen LogP contribution in [0.4, 0.5) is 4.39 Å². The molecular formula is C25H21FN4O2. The molecule has 0 unspecified atom stereocenters. The lowest BCUT2D eigenvalue weighted by Crippen LogP contribution is -2.21. The fraction of sp³-hybridized carbons (Fsp3) is 0.160. The molecule has 160 valence electrons. The second-order valence-electron chi connectivity index (χ2n) is 7.54. The number of ether oxygens (including phenoxy) is 1. The number of nitrogens with zero attached hydrogens (tertiary/aromatic N) is 4. The normalized spacial score (nSPS) is 11.3. The first-order valence-corrected chi connectivity index (χ1v) is 10.4. The number of para-hydroxylation sites is 1. The number of hydrogen-bond acceptors (Lipinski definition) is 4. The Balaban J connectivity index is 1.67. The number of benzene rings is 2. The largest absolute Gasteiger partial charge is 0.496 e. The lowest BCUT2D eigenvalue weighted by atomic mass is 10.0. The Morgan fingerprint density at radius 3 is 2.59 bits per heavy atom. The molecule has 32 heavy (non-hydrogen) atoms. The third-order valence-corrected chi connectivity index (χ3v) is 5.66. The molecule has 0 amide bonds. The van der Waals surface area contributed by atoms with Crippen LogP contribution in [0.15, 0.2) is 71.8 Å². The topological polar surface area (TPSA) is 61.4 Å². The van der Waals surface area contributed by atoms with E-state index in [1.807, 2.05) is 37.3 Å². The van der Waals surface area contributed by atoms with Gasteiger partial charge in [-0.1, -0.05) is 37.3 Å². The van der Waals surface area contributed by atoms with Crippen LogP contribution in [0.25, 0.3) is 27.7 Å². The average Bonchev–Trinajstić information content (AvgIpc) is 3.21. The SMILES string of the molecule is CCc1nn2c(ncc3c(=O)n(Cc4ccccc4OC)ccc32)c1-c1ccc(F)cc1.